The number of aromatic nitrogens is 2. The van der Waals surface area contributed by atoms with Crippen molar-refractivity contribution in [2.24, 2.45) is 0 Å². The van der Waals surface area contributed by atoms with Crippen molar-refractivity contribution < 1.29 is 4.39 Å². The maximum Gasteiger partial charge on any atom is 0.225 e. The van der Waals surface area contributed by atoms with Gasteiger partial charge in [-0.3, -0.25) is 4.90 Å². The molecular weight excluding hydrogens is 291 g/mol. The van der Waals surface area contributed by atoms with Gasteiger partial charge in [0.15, 0.2) is 0 Å². The Bertz CT molecular complexity index is 680. The van der Waals surface area contributed by atoms with Crippen molar-refractivity contribution >= 4 is 5.95 Å². The van der Waals surface area contributed by atoms with Crippen LogP contribution in [0.1, 0.15) is 29.7 Å². The molecule has 2 aromatic rings. The van der Waals surface area contributed by atoms with Crippen molar-refractivity contribution in [2.45, 2.75) is 32.4 Å². The number of nitrogens with zero attached hydrogens (tertiary/aromatic N) is 4. The molecular formula is C18H21FN4. The first-order chi connectivity index (χ1) is 11.3. The summed E-state index contributed by atoms with van der Waals surface area (Å²) in [6.07, 6.45) is 5.44. The van der Waals surface area contributed by atoms with Gasteiger partial charge in [0.05, 0.1) is 5.69 Å². The fourth-order valence-corrected chi connectivity index (χ4v) is 3.42. The average molecular weight is 312 g/mol. The lowest BCUT2D eigenvalue weighted by Crippen LogP contribution is -2.31. The van der Waals surface area contributed by atoms with Crippen LogP contribution in [0.2, 0.25) is 0 Å². The van der Waals surface area contributed by atoms with Gasteiger partial charge in [-0.15, -0.1) is 0 Å². The Labute approximate surface area is 136 Å². The van der Waals surface area contributed by atoms with Crippen LogP contribution in [0.4, 0.5) is 10.3 Å². The third-order valence-corrected chi connectivity index (χ3v) is 4.71. The lowest BCUT2D eigenvalue weighted by atomic mass is 10.1. The number of anilines is 1. The highest BCUT2D eigenvalue weighted by Gasteiger charge is 2.21. The molecule has 0 N–H and O–H groups in total. The lowest BCUT2D eigenvalue weighted by Gasteiger charge is -2.28. The Hall–Kier alpha value is -2.01. The van der Waals surface area contributed by atoms with Gasteiger partial charge in [0, 0.05) is 50.9 Å². The molecule has 23 heavy (non-hydrogen) atoms. The molecule has 0 atom stereocenters. The standard InChI is InChI=1S/C18H21FN4/c19-16-5-3-14(4-6-16)12-22-10-7-17-15(13-22)11-20-18(21-17)23-8-1-2-9-23/h3-6,11H,1-2,7-10,12-13H2. The van der Waals surface area contributed by atoms with Crippen molar-refractivity contribution in [2.75, 3.05) is 24.5 Å². The first-order valence-corrected chi connectivity index (χ1v) is 8.34. The fourth-order valence-electron chi connectivity index (χ4n) is 3.42. The van der Waals surface area contributed by atoms with Crippen LogP contribution in [0.15, 0.2) is 30.5 Å². The van der Waals surface area contributed by atoms with E-state index in [0.717, 1.165) is 50.7 Å². The molecule has 0 spiro atoms. The van der Waals surface area contributed by atoms with Crippen molar-refractivity contribution in [3.8, 4) is 0 Å². The molecule has 1 aromatic carbocycles. The molecule has 0 radical (unpaired) electrons. The van der Waals surface area contributed by atoms with E-state index in [1.165, 1.54) is 36.2 Å². The second kappa shape index (κ2) is 6.24. The van der Waals surface area contributed by atoms with Crippen molar-refractivity contribution in [1.29, 1.82) is 0 Å². The molecule has 4 nitrogen and oxygen atoms in total. The van der Waals surface area contributed by atoms with E-state index in [0.29, 0.717) is 0 Å². The molecule has 0 aliphatic carbocycles. The zero-order chi connectivity index (χ0) is 15.6. The summed E-state index contributed by atoms with van der Waals surface area (Å²) >= 11 is 0. The van der Waals surface area contributed by atoms with Gasteiger partial charge in [0.1, 0.15) is 5.82 Å². The summed E-state index contributed by atoms with van der Waals surface area (Å²) in [5.74, 6) is 0.716. The minimum atomic E-state index is -0.180. The number of halogens is 1. The topological polar surface area (TPSA) is 32.3 Å². The van der Waals surface area contributed by atoms with E-state index in [2.05, 4.69) is 14.8 Å². The summed E-state index contributed by atoms with van der Waals surface area (Å²) in [5, 5.41) is 0. The Morgan fingerprint density at radius 1 is 1.04 bits per heavy atom. The van der Waals surface area contributed by atoms with Crippen molar-refractivity contribution in [3.63, 3.8) is 0 Å². The number of rotatable bonds is 3. The number of fused-ring (bicyclic) bond motifs is 1. The third kappa shape index (κ3) is 3.20. The predicted octanol–water partition coefficient (Wildman–Crippen LogP) is 2.77. The Balaban J connectivity index is 1.45. The zero-order valence-corrected chi connectivity index (χ0v) is 13.2. The monoisotopic (exact) mass is 312 g/mol. The minimum Gasteiger partial charge on any atom is -0.341 e. The molecule has 2 aliphatic heterocycles. The normalized spacial score (nSPS) is 18.2. The molecule has 0 unspecified atom stereocenters. The van der Waals surface area contributed by atoms with E-state index in [4.69, 9.17) is 4.98 Å². The molecule has 3 heterocycles. The lowest BCUT2D eigenvalue weighted by molar-refractivity contribution is 0.243. The van der Waals surface area contributed by atoms with Gasteiger partial charge in [0.25, 0.3) is 0 Å². The summed E-state index contributed by atoms with van der Waals surface area (Å²) in [7, 11) is 0. The van der Waals surface area contributed by atoms with E-state index in [1.54, 1.807) is 0 Å². The van der Waals surface area contributed by atoms with Crippen LogP contribution in [0.3, 0.4) is 0 Å². The summed E-state index contributed by atoms with van der Waals surface area (Å²) in [6.45, 7) is 4.85. The maximum atomic E-state index is 13.0. The highest BCUT2D eigenvalue weighted by Crippen LogP contribution is 2.22. The van der Waals surface area contributed by atoms with Crippen LogP contribution < -0.4 is 4.90 Å². The Kier molecular flexibility index (Phi) is 3.95. The zero-order valence-electron chi connectivity index (χ0n) is 13.2. The van der Waals surface area contributed by atoms with Crippen LogP contribution in [0, 0.1) is 5.82 Å². The van der Waals surface area contributed by atoms with Crippen LogP contribution in [0.25, 0.3) is 0 Å². The van der Waals surface area contributed by atoms with E-state index in [-0.39, 0.29) is 5.82 Å². The van der Waals surface area contributed by atoms with Gasteiger partial charge < -0.3 is 4.90 Å². The molecule has 120 valence electrons. The van der Waals surface area contributed by atoms with E-state index < -0.39 is 0 Å². The molecule has 0 bridgehead atoms. The van der Waals surface area contributed by atoms with Crippen LogP contribution in [0.5, 0.6) is 0 Å². The highest BCUT2D eigenvalue weighted by atomic mass is 19.1. The van der Waals surface area contributed by atoms with Crippen LogP contribution in [-0.2, 0) is 19.5 Å². The summed E-state index contributed by atoms with van der Waals surface area (Å²) in [6, 6.07) is 6.77. The molecule has 0 saturated carbocycles. The molecule has 2 aliphatic rings. The summed E-state index contributed by atoms with van der Waals surface area (Å²) < 4.78 is 13.0. The average Bonchev–Trinajstić information content (AvgIpc) is 3.11. The number of hydrogen-bond donors (Lipinski definition) is 0. The van der Waals surface area contributed by atoms with Crippen LogP contribution in [-0.4, -0.2) is 34.5 Å². The van der Waals surface area contributed by atoms with Crippen LogP contribution >= 0.6 is 0 Å². The highest BCUT2D eigenvalue weighted by molar-refractivity contribution is 5.35. The first-order valence-electron chi connectivity index (χ1n) is 8.34. The van der Waals surface area contributed by atoms with Gasteiger partial charge in [0.2, 0.25) is 5.95 Å². The molecule has 1 saturated heterocycles. The van der Waals surface area contributed by atoms with Crippen molar-refractivity contribution in [1.82, 2.24) is 14.9 Å². The smallest absolute Gasteiger partial charge is 0.225 e. The second-order valence-electron chi connectivity index (χ2n) is 6.42. The fraction of sp³-hybridized carbons (Fsp3) is 0.444. The van der Waals surface area contributed by atoms with Gasteiger partial charge in [-0.05, 0) is 30.5 Å². The quantitative estimate of drug-likeness (QED) is 0.872. The van der Waals surface area contributed by atoms with Gasteiger partial charge in [-0.25, -0.2) is 14.4 Å². The summed E-state index contributed by atoms with van der Waals surface area (Å²) in [5.41, 5.74) is 3.56. The molecule has 4 rings (SSSR count). The third-order valence-electron chi connectivity index (χ3n) is 4.71. The Morgan fingerprint density at radius 3 is 2.61 bits per heavy atom. The van der Waals surface area contributed by atoms with E-state index >= 15 is 0 Å². The minimum absolute atomic E-state index is 0.180. The van der Waals surface area contributed by atoms with Gasteiger partial charge in [-0.1, -0.05) is 12.1 Å². The van der Waals surface area contributed by atoms with E-state index in [1.807, 2.05) is 18.3 Å². The number of benzene rings is 1. The van der Waals surface area contributed by atoms with Gasteiger partial charge >= 0.3 is 0 Å². The number of hydrogen-bond acceptors (Lipinski definition) is 4. The van der Waals surface area contributed by atoms with Crippen molar-refractivity contribution in [3.05, 3.63) is 53.1 Å². The Morgan fingerprint density at radius 2 is 1.83 bits per heavy atom. The SMILES string of the molecule is Fc1ccc(CN2CCc3nc(N4CCCC4)ncc3C2)cc1. The van der Waals surface area contributed by atoms with E-state index in [9.17, 15) is 4.39 Å². The first kappa shape index (κ1) is 14.6. The largest absolute Gasteiger partial charge is 0.341 e. The van der Waals surface area contributed by atoms with Gasteiger partial charge in [-0.2, -0.15) is 0 Å². The molecule has 0 amide bonds. The molecule has 1 aromatic heterocycles. The molecule has 1 fully saturated rings. The predicted molar refractivity (Wildman–Crippen MR) is 87.7 cm³/mol. The molecule has 5 heteroatoms. The summed E-state index contributed by atoms with van der Waals surface area (Å²) in [4.78, 5) is 14.0. The second-order valence-corrected chi connectivity index (χ2v) is 6.42. The maximum absolute atomic E-state index is 13.0.